The molecule has 1 aliphatic heterocycles. The molecular formula is C9H14O2. The molecule has 2 nitrogen and oxygen atoms in total. The number of hydrogen-bond donors (Lipinski definition) is 0. The molecule has 1 spiro atoms. The van der Waals surface area contributed by atoms with Crippen LogP contribution in [0.5, 0.6) is 0 Å². The predicted octanol–water partition coefficient (Wildman–Crippen LogP) is 1.86. The van der Waals surface area contributed by atoms with Gasteiger partial charge in [-0.05, 0) is 13.3 Å². The standard InChI is InChI=1S/C9H14O2/c1-8-7-10-9(11-8)5-3-2-4-6-9/h2-3,8H,4-7H2,1H3. The highest BCUT2D eigenvalue weighted by Gasteiger charge is 2.39. The van der Waals surface area contributed by atoms with E-state index in [0.29, 0.717) is 0 Å². The molecule has 0 aromatic rings. The lowest BCUT2D eigenvalue weighted by Crippen LogP contribution is -2.31. The Balaban J connectivity index is 2.05. The van der Waals surface area contributed by atoms with E-state index in [9.17, 15) is 0 Å². The topological polar surface area (TPSA) is 18.5 Å². The summed E-state index contributed by atoms with van der Waals surface area (Å²) >= 11 is 0. The zero-order valence-electron chi connectivity index (χ0n) is 6.88. The van der Waals surface area contributed by atoms with Gasteiger partial charge >= 0.3 is 0 Å². The average molecular weight is 154 g/mol. The summed E-state index contributed by atoms with van der Waals surface area (Å²) in [6, 6.07) is 0. The van der Waals surface area contributed by atoms with Crippen molar-refractivity contribution < 1.29 is 9.47 Å². The number of rotatable bonds is 0. The Hall–Kier alpha value is -0.340. The summed E-state index contributed by atoms with van der Waals surface area (Å²) in [5, 5.41) is 0. The van der Waals surface area contributed by atoms with Crippen molar-refractivity contribution in [1.29, 1.82) is 0 Å². The van der Waals surface area contributed by atoms with Crippen LogP contribution in [0, 0.1) is 0 Å². The molecule has 1 aliphatic carbocycles. The van der Waals surface area contributed by atoms with Gasteiger partial charge in [-0.1, -0.05) is 12.2 Å². The van der Waals surface area contributed by atoms with Crippen LogP contribution in [0.15, 0.2) is 12.2 Å². The molecule has 2 heteroatoms. The average Bonchev–Trinajstić information content (AvgIpc) is 2.34. The van der Waals surface area contributed by atoms with E-state index in [1.165, 1.54) is 0 Å². The van der Waals surface area contributed by atoms with E-state index in [1.807, 2.05) is 0 Å². The number of ether oxygens (including phenoxy) is 2. The first-order chi connectivity index (χ1) is 5.31. The molecule has 62 valence electrons. The first kappa shape index (κ1) is 7.32. The van der Waals surface area contributed by atoms with E-state index in [0.717, 1.165) is 25.9 Å². The zero-order valence-corrected chi connectivity index (χ0v) is 6.88. The van der Waals surface area contributed by atoms with Crippen LogP contribution in [0.25, 0.3) is 0 Å². The molecule has 0 aromatic carbocycles. The second-order valence-electron chi connectivity index (χ2n) is 3.36. The first-order valence-electron chi connectivity index (χ1n) is 4.28. The quantitative estimate of drug-likeness (QED) is 0.496. The second kappa shape index (κ2) is 2.61. The van der Waals surface area contributed by atoms with Gasteiger partial charge < -0.3 is 9.47 Å². The van der Waals surface area contributed by atoms with Gasteiger partial charge in [-0.3, -0.25) is 0 Å². The van der Waals surface area contributed by atoms with E-state index >= 15 is 0 Å². The van der Waals surface area contributed by atoms with E-state index in [-0.39, 0.29) is 11.9 Å². The summed E-state index contributed by atoms with van der Waals surface area (Å²) in [7, 11) is 0. The van der Waals surface area contributed by atoms with Gasteiger partial charge in [0.15, 0.2) is 5.79 Å². The van der Waals surface area contributed by atoms with Gasteiger partial charge in [-0.25, -0.2) is 0 Å². The molecule has 11 heavy (non-hydrogen) atoms. The van der Waals surface area contributed by atoms with Crippen LogP contribution in [0.2, 0.25) is 0 Å². The monoisotopic (exact) mass is 154 g/mol. The lowest BCUT2D eigenvalue weighted by Gasteiger charge is -2.28. The van der Waals surface area contributed by atoms with E-state index in [4.69, 9.17) is 9.47 Å². The normalized spacial score (nSPS) is 43.5. The third kappa shape index (κ3) is 1.33. The van der Waals surface area contributed by atoms with Gasteiger partial charge in [0, 0.05) is 12.8 Å². The van der Waals surface area contributed by atoms with Crippen LogP contribution in [-0.4, -0.2) is 18.5 Å². The van der Waals surface area contributed by atoms with Gasteiger partial charge in [0.05, 0.1) is 12.7 Å². The zero-order chi connectivity index (χ0) is 7.73. The summed E-state index contributed by atoms with van der Waals surface area (Å²) in [5.41, 5.74) is 0. The Morgan fingerprint density at radius 3 is 2.91 bits per heavy atom. The highest BCUT2D eigenvalue weighted by atomic mass is 16.7. The summed E-state index contributed by atoms with van der Waals surface area (Å²) in [5.74, 6) is -0.242. The van der Waals surface area contributed by atoms with Gasteiger partial charge in [0.25, 0.3) is 0 Å². The fraction of sp³-hybridized carbons (Fsp3) is 0.778. The molecule has 0 saturated carbocycles. The van der Waals surface area contributed by atoms with Crippen LogP contribution >= 0.6 is 0 Å². The molecule has 0 radical (unpaired) electrons. The van der Waals surface area contributed by atoms with Crippen molar-refractivity contribution in [2.75, 3.05) is 6.61 Å². The minimum atomic E-state index is -0.242. The summed E-state index contributed by atoms with van der Waals surface area (Å²) in [6.45, 7) is 2.82. The molecule has 0 aromatic heterocycles. The minimum Gasteiger partial charge on any atom is -0.347 e. The highest BCUT2D eigenvalue weighted by molar-refractivity contribution is 4.96. The van der Waals surface area contributed by atoms with Gasteiger partial charge in [-0.15, -0.1) is 0 Å². The fourth-order valence-corrected chi connectivity index (χ4v) is 1.73. The summed E-state index contributed by atoms with van der Waals surface area (Å²) in [4.78, 5) is 0. The van der Waals surface area contributed by atoms with Crippen molar-refractivity contribution in [3.05, 3.63) is 12.2 Å². The Bertz CT molecular complexity index is 176. The van der Waals surface area contributed by atoms with Crippen molar-refractivity contribution in [3.8, 4) is 0 Å². The van der Waals surface area contributed by atoms with Crippen molar-refractivity contribution in [1.82, 2.24) is 0 Å². The molecule has 1 fully saturated rings. The van der Waals surface area contributed by atoms with Crippen molar-refractivity contribution in [3.63, 3.8) is 0 Å². The minimum absolute atomic E-state index is 0.242. The molecular weight excluding hydrogens is 140 g/mol. The Kier molecular flexibility index (Phi) is 1.74. The molecule has 2 aliphatic rings. The van der Waals surface area contributed by atoms with Crippen molar-refractivity contribution in [2.24, 2.45) is 0 Å². The third-order valence-corrected chi connectivity index (χ3v) is 2.28. The molecule has 2 atom stereocenters. The van der Waals surface area contributed by atoms with E-state index < -0.39 is 0 Å². The Morgan fingerprint density at radius 2 is 2.36 bits per heavy atom. The molecule has 2 unspecified atom stereocenters. The Morgan fingerprint density at radius 1 is 1.45 bits per heavy atom. The van der Waals surface area contributed by atoms with Crippen LogP contribution in [0.1, 0.15) is 26.2 Å². The summed E-state index contributed by atoms with van der Waals surface area (Å²) < 4.78 is 11.3. The first-order valence-corrected chi connectivity index (χ1v) is 4.28. The summed E-state index contributed by atoms with van der Waals surface area (Å²) in [6.07, 6.45) is 7.67. The number of hydrogen-bond acceptors (Lipinski definition) is 2. The third-order valence-electron chi connectivity index (χ3n) is 2.28. The van der Waals surface area contributed by atoms with Gasteiger partial charge in [0.2, 0.25) is 0 Å². The van der Waals surface area contributed by atoms with E-state index in [1.54, 1.807) is 0 Å². The second-order valence-corrected chi connectivity index (χ2v) is 3.36. The maximum absolute atomic E-state index is 5.72. The highest BCUT2D eigenvalue weighted by Crippen LogP contribution is 2.34. The fourth-order valence-electron chi connectivity index (χ4n) is 1.73. The smallest absolute Gasteiger partial charge is 0.172 e. The molecule has 0 bridgehead atoms. The molecule has 0 N–H and O–H groups in total. The lowest BCUT2D eigenvalue weighted by molar-refractivity contribution is -0.169. The van der Waals surface area contributed by atoms with Crippen LogP contribution in [0.4, 0.5) is 0 Å². The maximum atomic E-state index is 5.72. The van der Waals surface area contributed by atoms with Crippen LogP contribution in [0.3, 0.4) is 0 Å². The molecule has 1 heterocycles. The van der Waals surface area contributed by atoms with Crippen LogP contribution < -0.4 is 0 Å². The molecule has 0 amide bonds. The van der Waals surface area contributed by atoms with Gasteiger partial charge in [0.1, 0.15) is 0 Å². The molecule has 1 saturated heterocycles. The van der Waals surface area contributed by atoms with Crippen molar-refractivity contribution in [2.45, 2.75) is 38.1 Å². The van der Waals surface area contributed by atoms with Gasteiger partial charge in [-0.2, -0.15) is 0 Å². The number of allylic oxidation sites excluding steroid dienone is 1. The maximum Gasteiger partial charge on any atom is 0.172 e. The SMILES string of the molecule is CC1COC2(CC=CCC2)O1. The largest absolute Gasteiger partial charge is 0.347 e. The lowest BCUT2D eigenvalue weighted by atomic mass is 10.0. The predicted molar refractivity (Wildman–Crippen MR) is 42.2 cm³/mol. The van der Waals surface area contributed by atoms with E-state index in [2.05, 4.69) is 19.1 Å². The van der Waals surface area contributed by atoms with Crippen LogP contribution in [-0.2, 0) is 9.47 Å². The molecule has 2 rings (SSSR count). The van der Waals surface area contributed by atoms with Crippen molar-refractivity contribution >= 4 is 0 Å². The Labute approximate surface area is 67.2 Å².